The van der Waals surface area contributed by atoms with Gasteiger partial charge in [0.15, 0.2) is 17.3 Å². The van der Waals surface area contributed by atoms with Crippen molar-refractivity contribution >= 4 is 49.0 Å². The number of methoxy groups -OCH3 is 1. The molecule has 0 radical (unpaired) electrons. The van der Waals surface area contributed by atoms with Gasteiger partial charge in [-0.1, -0.05) is 19.1 Å². The Kier molecular flexibility index (Phi) is 7.69. The van der Waals surface area contributed by atoms with Gasteiger partial charge in [0.1, 0.15) is 19.0 Å². The van der Waals surface area contributed by atoms with Crippen LogP contribution in [0.25, 0.3) is 6.08 Å². The Morgan fingerprint density at radius 3 is 2.51 bits per heavy atom. The molecule has 10 nitrogen and oxygen atoms in total. The Labute approximate surface area is 219 Å². The van der Waals surface area contributed by atoms with Gasteiger partial charge in [-0.2, -0.15) is 10.0 Å². The van der Waals surface area contributed by atoms with Crippen molar-refractivity contribution in [3.8, 4) is 17.2 Å². The molecule has 0 bridgehead atoms. The molecule has 2 aliphatic rings. The second kappa shape index (κ2) is 10.8. The number of hydrogen-bond donors (Lipinski definition) is 1. The monoisotopic (exact) mass is 542 g/mol. The van der Waals surface area contributed by atoms with Gasteiger partial charge in [0.05, 0.1) is 18.4 Å². The van der Waals surface area contributed by atoms with Crippen molar-refractivity contribution in [1.29, 1.82) is 5.41 Å². The molecular weight excluding hydrogens is 516 g/mol. The average molecular weight is 543 g/mol. The lowest BCUT2D eigenvalue weighted by Gasteiger charge is -2.20. The average Bonchev–Trinajstić information content (AvgIpc) is 3.32. The smallest absolute Gasteiger partial charge is 0.283 e. The molecule has 0 unspecified atom stereocenters. The first-order valence-corrected chi connectivity index (χ1v) is 13.8. The minimum atomic E-state index is -3.59. The fourth-order valence-electron chi connectivity index (χ4n) is 3.40. The summed E-state index contributed by atoms with van der Waals surface area (Å²) < 4.78 is 41.2. The van der Waals surface area contributed by atoms with E-state index in [9.17, 15) is 13.2 Å². The van der Waals surface area contributed by atoms with Crippen molar-refractivity contribution in [3.63, 3.8) is 0 Å². The third-order valence-electron chi connectivity index (χ3n) is 5.67. The predicted octanol–water partition coefficient (Wildman–Crippen LogP) is 3.78. The minimum absolute atomic E-state index is 0.0271. The highest BCUT2D eigenvalue weighted by molar-refractivity contribution is 8.42. The van der Waals surface area contributed by atoms with Crippen molar-refractivity contribution in [2.75, 3.05) is 26.1 Å². The largest absolute Gasteiger partial charge is 0.493 e. The summed E-state index contributed by atoms with van der Waals surface area (Å²) in [5, 5.41) is 13.5. The summed E-state index contributed by atoms with van der Waals surface area (Å²) in [7, 11) is -2.09. The molecule has 37 heavy (non-hydrogen) atoms. The Hall–Kier alpha value is -3.64. The second-order valence-corrected chi connectivity index (χ2v) is 11.6. The first-order chi connectivity index (χ1) is 17.6. The summed E-state index contributed by atoms with van der Waals surface area (Å²) in [5.74, 6) is 0.643. The zero-order valence-corrected chi connectivity index (χ0v) is 22.4. The topological polar surface area (TPSA) is 131 Å². The number of aryl methyl sites for hydroxylation is 2. The number of benzene rings is 2. The van der Waals surface area contributed by atoms with Crippen LogP contribution in [0.5, 0.6) is 17.2 Å². The molecule has 0 spiro atoms. The molecule has 0 aliphatic carbocycles. The van der Waals surface area contributed by atoms with Crippen LogP contribution >= 0.6 is 11.8 Å². The van der Waals surface area contributed by atoms with E-state index in [0.29, 0.717) is 23.7 Å². The van der Waals surface area contributed by atoms with Gasteiger partial charge in [-0.3, -0.25) is 10.2 Å². The molecule has 2 heterocycles. The van der Waals surface area contributed by atoms with E-state index in [2.05, 4.69) is 10.1 Å². The number of carbonyl (C=O) groups excluding carboxylic acids is 1. The lowest BCUT2D eigenvalue weighted by molar-refractivity contribution is -0.114. The van der Waals surface area contributed by atoms with Crippen molar-refractivity contribution < 1.29 is 27.4 Å². The van der Waals surface area contributed by atoms with Crippen LogP contribution in [0.2, 0.25) is 0 Å². The molecule has 2 aliphatic heterocycles. The van der Waals surface area contributed by atoms with E-state index in [1.165, 1.54) is 25.7 Å². The van der Waals surface area contributed by atoms with Gasteiger partial charge in [0.2, 0.25) is 19.4 Å². The van der Waals surface area contributed by atoms with E-state index in [-0.39, 0.29) is 33.3 Å². The number of amides is 1. The van der Waals surface area contributed by atoms with Crippen molar-refractivity contribution in [2.24, 2.45) is 10.1 Å². The van der Waals surface area contributed by atoms with Gasteiger partial charge < -0.3 is 14.2 Å². The lowest BCUT2D eigenvalue weighted by atomic mass is 10.1. The second-order valence-electron chi connectivity index (χ2n) is 8.14. The van der Waals surface area contributed by atoms with Gasteiger partial charge >= 0.3 is 0 Å². The maximum atomic E-state index is 12.6. The van der Waals surface area contributed by atoms with Crippen LogP contribution in [-0.2, 0) is 14.6 Å². The highest BCUT2D eigenvalue weighted by atomic mass is 32.3. The van der Waals surface area contributed by atoms with E-state index < -0.39 is 15.7 Å². The summed E-state index contributed by atoms with van der Waals surface area (Å²) in [6, 6.07) is 11.0. The summed E-state index contributed by atoms with van der Waals surface area (Å²) in [5.41, 5.74) is 2.89. The maximum absolute atomic E-state index is 12.6. The number of nitrogens with one attached hydrogen (secondary N) is 1. The summed E-state index contributed by atoms with van der Waals surface area (Å²) in [6.45, 7) is 6.20. The number of nitrogens with zero attached hydrogens (tertiary/aromatic N) is 3. The molecule has 0 saturated heterocycles. The van der Waals surface area contributed by atoms with Gasteiger partial charge in [-0.25, -0.2) is 8.42 Å². The van der Waals surface area contributed by atoms with E-state index in [4.69, 9.17) is 19.6 Å². The highest BCUT2D eigenvalue weighted by Gasteiger charge is 2.39. The van der Waals surface area contributed by atoms with Crippen LogP contribution in [0.15, 0.2) is 52.1 Å². The van der Waals surface area contributed by atoms with Crippen molar-refractivity contribution in [3.05, 3.63) is 58.7 Å². The number of carbonyl (C=O) groups is 1. The molecule has 12 heteroatoms. The Morgan fingerprint density at radius 2 is 1.81 bits per heavy atom. The first kappa shape index (κ1) is 26.4. The molecule has 0 fully saturated rings. The van der Waals surface area contributed by atoms with Gasteiger partial charge in [0, 0.05) is 0 Å². The number of hydrazone groups is 1. The molecular formula is C25H26N4O6S2. The molecule has 0 atom stereocenters. The predicted molar refractivity (Wildman–Crippen MR) is 144 cm³/mol. The third kappa shape index (κ3) is 5.70. The number of rotatable bonds is 8. The van der Waals surface area contributed by atoms with E-state index >= 15 is 0 Å². The quantitative estimate of drug-likeness (QED) is 0.394. The van der Waals surface area contributed by atoms with Crippen LogP contribution in [0.1, 0.15) is 23.6 Å². The molecule has 4 rings (SSSR count). The molecule has 1 amide bonds. The number of ether oxygens (including phenoxy) is 3. The number of thioether (sulfide) groups is 1. The zero-order chi connectivity index (χ0) is 26.7. The van der Waals surface area contributed by atoms with E-state index in [1.54, 1.807) is 18.2 Å². The Morgan fingerprint density at radius 1 is 1.05 bits per heavy atom. The van der Waals surface area contributed by atoms with Crippen LogP contribution in [-0.4, -0.2) is 60.8 Å². The van der Waals surface area contributed by atoms with Crippen molar-refractivity contribution in [2.45, 2.75) is 20.8 Å². The zero-order valence-electron chi connectivity index (χ0n) is 20.8. The minimum Gasteiger partial charge on any atom is -0.493 e. The van der Waals surface area contributed by atoms with Crippen molar-refractivity contribution in [1.82, 2.24) is 5.01 Å². The van der Waals surface area contributed by atoms with Crippen LogP contribution < -0.4 is 14.2 Å². The molecule has 2 aromatic carbocycles. The number of amidine groups is 2. The molecule has 0 saturated carbocycles. The molecule has 2 aromatic rings. The summed E-state index contributed by atoms with van der Waals surface area (Å²) >= 11 is 0.761. The van der Waals surface area contributed by atoms with Gasteiger partial charge in [-0.15, -0.1) is 5.10 Å². The fraction of sp³-hybridized carbons (Fsp3) is 0.280. The van der Waals surface area contributed by atoms with Crippen LogP contribution in [0.4, 0.5) is 0 Å². The lowest BCUT2D eigenvalue weighted by Crippen LogP contribution is -2.35. The van der Waals surface area contributed by atoms with Crippen LogP contribution in [0.3, 0.4) is 0 Å². The highest BCUT2D eigenvalue weighted by Crippen LogP contribution is 2.32. The van der Waals surface area contributed by atoms with Crippen LogP contribution in [0, 0.1) is 19.3 Å². The number of hydrogen-bond acceptors (Lipinski definition) is 9. The fourth-order valence-corrected chi connectivity index (χ4v) is 5.56. The molecule has 0 aromatic heterocycles. The first-order valence-electron chi connectivity index (χ1n) is 11.4. The van der Waals surface area contributed by atoms with E-state index in [1.807, 2.05) is 32.0 Å². The SMILES string of the molecule is CCS(=O)(=O)C1=NN2C(=N)/C(=C/c3ccc(OCCOc4ccc(C)c(C)c4)c(OC)c3)C(=O)N=C2S1. The molecule has 1 N–H and O–H groups in total. The standard InChI is InChI=1S/C25H26N4O6S2/c1-5-37(31,32)25-28-29-22(26)19(23(30)27-24(29)36-25)13-17-7-9-20(21(14-17)33-4)35-11-10-34-18-8-6-15(2)16(3)12-18/h6-9,12-14,26H,5,10-11H2,1-4H3/b19-13-,26-22?. The third-order valence-corrected chi connectivity index (χ3v) is 8.76. The maximum Gasteiger partial charge on any atom is 0.283 e. The number of aliphatic imine (C=N–C) groups is 1. The summed E-state index contributed by atoms with van der Waals surface area (Å²) in [4.78, 5) is 16.5. The van der Waals surface area contributed by atoms with Gasteiger partial charge in [-0.05, 0) is 72.6 Å². The van der Waals surface area contributed by atoms with Gasteiger partial charge in [0.25, 0.3) is 5.91 Å². The Bertz CT molecular complexity index is 1460. The number of sulfone groups is 1. The molecule has 194 valence electrons. The summed E-state index contributed by atoms with van der Waals surface area (Å²) in [6.07, 6.45) is 1.48. The number of fused-ring (bicyclic) bond motifs is 1. The Balaban J connectivity index is 1.46. The van der Waals surface area contributed by atoms with E-state index in [0.717, 1.165) is 28.1 Å². The normalized spacial score (nSPS) is 16.4.